The van der Waals surface area contributed by atoms with E-state index in [1.165, 1.54) is 24.3 Å². The minimum absolute atomic E-state index is 0.0790. The molecule has 0 spiro atoms. The fraction of sp³-hybridized carbons (Fsp3) is 0.333. The molecule has 0 unspecified atom stereocenters. The zero-order chi connectivity index (χ0) is 17.9. The summed E-state index contributed by atoms with van der Waals surface area (Å²) in [4.78, 5) is 32.8. The number of nitro groups is 1. The maximum Gasteiger partial charge on any atom is 0.519 e. The number of ether oxygens (including phenoxy) is 2. The van der Waals surface area contributed by atoms with Gasteiger partial charge in [0.2, 0.25) is 0 Å². The van der Waals surface area contributed by atoms with Crippen LogP contribution in [-0.2, 0) is 16.8 Å². The van der Waals surface area contributed by atoms with Gasteiger partial charge in [0.15, 0.2) is 18.1 Å². The van der Waals surface area contributed by atoms with Crippen LogP contribution in [0.4, 0.5) is 10.5 Å². The molecule has 1 aromatic carbocycles. The second-order valence-corrected chi connectivity index (χ2v) is 5.85. The number of carbonyl (C=O) groups is 1. The molecule has 0 N–H and O–H groups in total. The van der Waals surface area contributed by atoms with Crippen LogP contribution >= 0.6 is 0 Å². The average molecular weight is 337 g/mol. The van der Waals surface area contributed by atoms with E-state index in [1.54, 1.807) is 20.8 Å². The molecule has 0 bridgehead atoms. The van der Waals surface area contributed by atoms with E-state index in [0.717, 1.165) is 0 Å². The maximum absolute atomic E-state index is 11.6. The van der Waals surface area contributed by atoms with Crippen molar-refractivity contribution in [2.75, 3.05) is 0 Å². The molecule has 0 aliphatic rings. The largest absolute Gasteiger partial charge is 0.519 e. The van der Waals surface area contributed by atoms with E-state index in [0.29, 0.717) is 0 Å². The third-order valence-electron chi connectivity index (χ3n) is 2.90. The lowest BCUT2D eigenvalue weighted by Crippen LogP contribution is -2.15. The van der Waals surface area contributed by atoms with E-state index in [2.05, 4.69) is 0 Å². The van der Waals surface area contributed by atoms with Crippen molar-refractivity contribution in [2.24, 2.45) is 0 Å². The number of carbonyl (C=O) groups excluding carboxylic acids is 1. The smallest absolute Gasteiger partial charge is 0.426 e. The Morgan fingerprint density at radius 1 is 1.21 bits per heavy atom. The Labute approximate surface area is 135 Å². The summed E-state index contributed by atoms with van der Waals surface area (Å²) in [6.45, 7) is 5.07. The molecule has 128 valence electrons. The van der Waals surface area contributed by atoms with Crippen molar-refractivity contribution >= 4 is 11.8 Å². The van der Waals surface area contributed by atoms with Gasteiger partial charge in [-0.15, -0.1) is 0 Å². The first-order valence-electron chi connectivity index (χ1n) is 6.89. The molecule has 0 aliphatic heterocycles. The fourth-order valence-electron chi connectivity index (χ4n) is 1.86. The lowest BCUT2D eigenvalue weighted by Gasteiger charge is -2.14. The number of hydrogen-bond acceptors (Lipinski definition) is 8. The highest BCUT2D eigenvalue weighted by Crippen LogP contribution is 2.25. The molecule has 9 nitrogen and oxygen atoms in total. The summed E-state index contributed by atoms with van der Waals surface area (Å²) in [5, 5.41) is 10.5. The van der Waals surface area contributed by atoms with Crippen LogP contribution in [0.1, 0.15) is 32.3 Å². The minimum Gasteiger partial charge on any atom is -0.426 e. The van der Waals surface area contributed by atoms with Crippen LogP contribution in [0.5, 0.6) is 5.75 Å². The van der Waals surface area contributed by atoms with Crippen LogP contribution < -0.4 is 10.6 Å². The molecular formula is C15H15NO8. The van der Waals surface area contributed by atoms with Gasteiger partial charge in [-0.1, -0.05) is 20.8 Å². The van der Waals surface area contributed by atoms with Crippen molar-refractivity contribution in [3.05, 3.63) is 56.5 Å². The molecule has 24 heavy (non-hydrogen) atoms. The summed E-state index contributed by atoms with van der Waals surface area (Å²) in [6, 6.07) is 4.90. The van der Waals surface area contributed by atoms with Crippen molar-refractivity contribution in [3.63, 3.8) is 0 Å². The van der Waals surface area contributed by atoms with Gasteiger partial charge in [-0.2, -0.15) is 0 Å². The summed E-state index contributed by atoms with van der Waals surface area (Å²) < 4.78 is 19.5. The second-order valence-electron chi connectivity index (χ2n) is 5.85. The lowest BCUT2D eigenvalue weighted by atomic mass is 9.92. The highest BCUT2D eigenvalue weighted by molar-refractivity contribution is 5.64. The van der Waals surface area contributed by atoms with Crippen LogP contribution in [0.2, 0.25) is 0 Å². The number of benzene rings is 1. The topological polar surface area (TPSA) is 122 Å². The predicted octanol–water partition coefficient (Wildman–Crippen LogP) is 3.15. The Hall–Kier alpha value is -3.10. The number of nitrogens with zero attached hydrogens (tertiary/aromatic N) is 1. The maximum atomic E-state index is 11.6. The van der Waals surface area contributed by atoms with Crippen molar-refractivity contribution in [1.82, 2.24) is 0 Å². The molecule has 1 aromatic heterocycles. The SMILES string of the molecule is CC(C)(C)c1oc(=O)oc1COC(=O)Oc1ccc([N+](=O)[O-])cc1. The van der Waals surface area contributed by atoms with Crippen molar-refractivity contribution in [3.8, 4) is 5.75 Å². The standard InChI is InChI=1S/C15H15NO8/c1-15(2,3)12-11(23-14(18)24-12)8-21-13(17)22-10-6-4-9(5-7-10)16(19)20/h4-7H,8H2,1-3H3. The van der Waals surface area contributed by atoms with Gasteiger partial charge in [-0.25, -0.2) is 9.59 Å². The zero-order valence-corrected chi connectivity index (χ0v) is 13.2. The van der Waals surface area contributed by atoms with Gasteiger partial charge in [0.1, 0.15) is 5.75 Å². The van der Waals surface area contributed by atoms with Crippen molar-refractivity contribution in [1.29, 1.82) is 0 Å². The number of hydrogen-bond donors (Lipinski definition) is 0. The highest BCUT2D eigenvalue weighted by Gasteiger charge is 2.26. The Kier molecular flexibility index (Phi) is 4.72. The molecule has 9 heteroatoms. The van der Waals surface area contributed by atoms with Crippen molar-refractivity contribution < 1.29 is 28.0 Å². The van der Waals surface area contributed by atoms with Gasteiger partial charge in [-0.3, -0.25) is 10.1 Å². The molecule has 0 saturated carbocycles. The van der Waals surface area contributed by atoms with E-state index in [1.807, 2.05) is 0 Å². The van der Waals surface area contributed by atoms with E-state index >= 15 is 0 Å². The lowest BCUT2D eigenvalue weighted by molar-refractivity contribution is -0.384. The van der Waals surface area contributed by atoms with E-state index < -0.39 is 22.3 Å². The first-order valence-corrected chi connectivity index (χ1v) is 6.89. The van der Waals surface area contributed by atoms with Crippen LogP contribution in [0, 0.1) is 10.1 Å². The number of rotatable bonds is 4. The van der Waals surface area contributed by atoms with Crippen LogP contribution in [0.25, 0.3) is 0 Å². The minimum atomic E-state index is -1.05. The molecule has 0 radical (unpaired) electrons. The Bertz CT molecular complexity index is 794. The third-order valence-corrected chi connectivity index (χ3v) is 2.90. The average Bonchev–Trinajstić information content (AvgIpc) is 2.87. The van der Waals surface area contributed by atoms with E-state index in [-0.39, 0.29) is 29.6 Å². The molecule has 1 heterocycles. The van der Waals surface area contributed by atoms with Crippen molar-refractivity contribution in [2.45, 2.75) is 32.8 Å². The first-order chi connectivity index (χ1) is 11.2. The van der Waals surface area contributed by atoms with Crippen LogP contribution in [0.15, 0.2) is 37.9 Å². The van der Waals surface area contributed by atoms with E-state index in [9.17, 15) is 19.7 Å². The van der Waals surface area contributed by atoms with Gasteiger partial charge in [0, 0.05) is 17.5 Å². The predicted molar refractivity (Wildman–Crippen MR) is 79.9 cm³/mol. The molecule has 0 amide bonds. The normalized spacial score (nSPS) is 11.1. The zero-order valence-electron chi connectivity index (χ0n) is 13.2. The van der Waals surface area contributed by atoms with Gasteiger partial charge in [-0.05, 0) is 12.1 Å². The first kappa shape index (κ1) is 17.3. The summed E-state index contributed by atoms with van der Waals surface area (Å²) in [5.74, 6) is -0.443. The summed E-state index contributed by atoms with van der Waals surface area (Å²) in [6.07, 6.45) is -1.05. The quantitative estimate of drug-likeness (QED) is 0.361. The van der Waals surface area contributed by atoms with E-state index in [4.69, 9.17) is 18.3 Å². The molecule has 0 atom stereocenters. The summed E-state index contributed by atoms with van der Waals surface area (Å²) in [7, 11) is 0. The summed E-state index contributed by atoms with van der Waals surface area (Å²) >= 11 is 0. The second kappa shape index (κ2) is 6.57. The highest BCUT2D eigenvalue weighted by atomic mass is 16.7. The third kappa shape index (κ3) is 4.22. The molecular weight excluding hydrogens is 322 g/mol. The van der Waals surface area contributed by atoms with Gasteiger partial charge in [0.05, 0.1) is 4.92 Å². The fourth-order valence-corrected chi connectivity index (χ4v) is 1.86. The Morgan fingerprint density at radius 2 is 1.83 bits per heavy atom. The molecule has 2 aromatic rings. The Morgan fingerprint density at radius 3 is 2.38 bits per heavy atom. The number of nitro benzene ring substituents is 1. The molecule has 0 fully saturated rings. The van der Waals surface area contributed by atoms with Gasteiger partial charge < -0.3 is 18.3 Å². The Balaban J connectivity index is 1.99. The molecule has 2 rings (SSSR count). The molecule has 0 saturated heterocycles. The monoisotopic (exact) mass is 337 g/mol. The van der Waals surface area contributed by atoms with Gasteiger partial charge in [0.25, 0.3) is 5.69 Å². The molecule has 0 aliphatic carbocycles. The number of non-ortho nitro benzene ring substituents is 1. The summed E-state index contributed by atoms with van der Waals surface area (Å²) in [5.41, 5.74) is -0.640. The van der Waals surface area contributed by atoms with Crippen LogP contribution in [-0.4, -0.2) is 11.1 Å². The van der Waals surface area contributed by atoms with Gasteiger partial charge >= 0.3 is 12.0 Å². The van der Waals surface area contributed by atoms with Crippen LogP contribution in [0.3, 0.4) is 0 Å².